The summed E-state index contributed by atoms with van der Waals surface area (Å²) in [5.41, 5.74) is 4.23. The van der Waals surface area contributed by atoms with E-state index in [0.717, 1.165) is 26.7 Å². The number of ether oxygens (including phenoxy) is 2. The van der Waals surface area contributed by atoms with Crippen LogP contribution in [0.1, 0.15) is 35.3 Å². The standard InChI is InChI=1S/C24H24BrNO4S/c1-5-29-24(28)21-20(19-10-9-14(2)11-15(19)3)13-31-23(21)26-22(27)16(4)30-18-8-6-7-17(25)12-18/h6-13,16H,5H2,1-4H3,(H,26,27). The van der Waals surface area contributed by atoms with E-state index in [2.05, 4.69) is 27.3 Å². The Hall–Kier alpha value is -2.64. The van der Waals surface area contributed by atoms with Crippen molar-refractivity contribution in [2.45, 2.75) is 33.8 Å². The van der Waals surface area contributed by atoms with E-state index in [1.807, 2.05) is 43.5 Å². The van der Waals surface area contributed by atoms with Crippen LogP contribution in [0, 0.1) is 13.8 Å². The van der Waals surface area contributed by atoms with Crippen LogP contribution in [0.2, 0.25) is 0 Å². The molecule has 7 heteroatoms. The van der Waals surface area contributed by atoms with Crippen molar-refractivity contribution in [3.8, 4) is 16.9 Å². The SMILES string of the molecule is CCOC(=O)c1c(-c2ccc(C)cc2C)csc1NC(=O)C(C)Oc1cccc(Br)c1. The third kappa shape index (κ3) is 5.54. The van der Waals surface area contributed by atoms with Crippen molar-refractivity contribution in [2.24, 2.45) is 0 Å². The lowest BCUT2D eigenvalue weighted by Crippen LogP contribution is -2.30. The molecule has 0 bridgehead atoms. The number of anilines is 1. The minimum atomic E-state index is -0.754. The van der Waals surface area contributed by atoms with Crippen molar-refractivity contribution in [1.82, 2.24) is 0 Å². The summed E-state index contributed by atoms with van der Waals surface area (Å²) in [7, 11) is 0. The fourth-order valence-corrected chi connectivity index (χ4v) is 4.51. The van der Waals surface area contributed by atoms with E-state index >= 15 is 0 Å². The average molecular weight is 502 g/mol. The molecule has 1 unspecified atom stereocenters. The van der Waals surface area contributed by atoms with E-state index in [4.69, 9.17) is 9.47 Å². The van der Waals surface area contributed by atoms with Crippen LogP contribution in [0.15, 0.2) is 52.3 Å². The molecule has 0 aliphatic carbocycles. The molecule has 2 aromatic carbocycles. The number of hydrogen-bond acceptors (Lipinski definition) is 5. The third-order valence-electron chi connectivity index (χ3n) is 4.66. The van der Waals surface area contributed by atoms with Gasteiger partial charge in [0.15, 0.2) is 6.10 Å². The summed E-state index contributed by atoms with van der Waals surface area (Å²) >= 11 is 4.68. The molecule has 1 heterocycles. The number of carbonyl (C=O) groups excluding carboxylic acids is 2. The van der Waals surface area contributed by atoms with Gasteiger partial charge in [-0.05, 0) is 57.0 Å². The molecule has 31 heavy (non-hydrogen) atoms. The molecule has 3 aromatic rings. The van der Waals surface area contributed by atoms with E-state index < -0.39 is 12.1 Å². The number of carbonyl (C=O) groups is 2. The first-order valence-electron chi connectivity index (χ1n) is 9.89. The summed E-state index contributed by atoms with van der Waals surface area (Å²) in [6, 6.07) is 13.3. The maximum atomic E-state index is 12.8. The smallest absolute Gasteiger partial charge is 0.341 e. The van der Waals surface area contributed by atoms with E-state index in [1.54, 1.807) is 26.0 Å². The second-order valence-electron chi connectivity index (χ2n) is 7.10. The van der Waals surface area contributed by atoms with Crippen molar-refractivity contribution in [2.75, 3.05) is 11.9 Å². The summed E-state index contributed by atoms with van der Waals surface area (Å²) < 4.78 is 11.9. The molecule has 0 aliphatic heterocycles. The first-order valence-corrected chi connectivity index (χ1v) is 11.6. The largest absolute Gasteiger partial charge is 0.481 e. The predicted octanol–water partition coefficient (Wildman–Crippen LogP) is 6.38. The maximum Gasteiger partial charge on any atom is 0.341 e. The number of amides is 1. The molecule has 0 saturated heterocycles. The highest BCUT2D eigenvalue weighted by molar-refractivity contribution is 9.10. The van der Waals surface area contributed by atoms with Gasteiger partial charge in [0.1, 0.15) is 16.3 Å². The average Bonchev–Trinajstić information content (AvgIpc) is 3.11. The predicted molar refractivity (Wildman–Crippen MR) is 128 cm³/mol. The van der Waals surface area contributed by atoms with E-state index in [9.17, 15) is 9.59 Å². The Kier molecular flexibility index (Phi) is 7.51. The Morgan fingerprint density at radius 2 is 1.90 bits per heavy atom. The van der Waals surface area contributed by atoms with Gasteiger partial charge in [-0.25, -0.2) is 4.79 Å². The van der Waals surface area contributed by atoms with Crippen molar-refractivity contribution in [3.63, 3.8) is 0 Å². The number of aryl methyl sites for hydroxylation is 2. The van der Waals surface area contributed by atoms with Crippen LogP contribution in [0.5, 0.6) is 5.75 Å². The maximum absolute atomic E-state index is 12.8. The zero-order valence-corrected chi connectivity index (χ0v) is 20.2. The number of halogens is 1. The normalized spacial score (nSPS) is 11.6. The van der Waals surface area contributed by atoms with Gasteiger partial charge in [-0.2, -0.15) is 0 Å². The van der Waals surface area contributed by atoms with Gasteiger partial charge in [-0.15, -0.1) is 11.3 Å². The Balaban J connectivity index is 1.89. The molecule has 1 N–H and O–H groups in total. The first-order chi connectivity index (χ1) is 14.8. The van der Waals surface area contributed by atoms with Crippen molar-refractivity contribution in [1.29, 1.82) is 0 Å². The second-order valence-corrected chi connectivity index (χ2v) is 8.89. The summed E-state index contributed by atoms with van der Waals surface area (Å²) in [6.07, 6.45) is -0.754. The van der Waals surface area contributed by atoms with Gasteiger partial charge >= 0.3 is 5.97 Å². The van der Waals surface area contributed by atoms with Gasteiger partial charge in [-0.3, -0.25) is 4.79 Å². The highest BCUT2D eigenvalue weighted by atomic mass is 79.9. The first kappa shape index (κ1) is 23.0. The zero-order valence-electron chi connectivity index (χ0n) is 17.8. The highest BCUT2D eigenvalue weighted by Crippen LogP contribution is 2.38. The molecule has 0 saturated carbocycles. The zero-order chi connectivity index (χ0) is 22.5. The Morgan fingerprint density at radius 3 is 2.58 bits per heavy atom. The molecule has 1 atom stereocenters. The lowest BCUT2D eigenvalue weighted by Gasteiger charge is -2.15. The molecule has 5 nitrogen and oxygen atoms in total. The molecule has 1 amide bonds. The van der Waals surface area contributed by atoms with Crippen LogP contribution in [-0.2, 0) is 9.53 Å². The fraction of sp³-hybridized carbons (Fsp3) is 0.250. The fourth-order valence-electron chi connectivity index (χ4n) is 3.18. The minimum absolute atomic E-state index is 0.247. The lowest BCUT2D eigenvalue weighted by molar-refractivity contribution is -0.122. The molecule has 0 aliphatic rings. The Labute approximate surface area is 194 Å². The van der Waals surface area contributed by atoms with Crippen LogP contribution in [-0.4, -0.2) is 24.6 Å². The molecule has 162 valence electrons. The Bertz CT molecular complexity index is 1110. The van der Waals surface area contributed by atoms with E-state index in [0.29, 0.717) is 16.3 Å². The van der Waals surface area contributed by atoms with Crippen LogP contribution < -0.4 is 10.1 Å². The van der Waals surface area contributed by atoms with E-state index in [1.165, 1.54) is 11.3 Å². The molecule has 3 rings (SSSR count). The number of benzene rings is 2. The van der Waals surface area contributed by atoms with Crippen molar-refractivity contribution >= 4 is 44.1 Å². The van der Waals surface area contributed by atoms with Gasteiger partial charge in [0.2, 0.25) is 0 Å². The van der Waals surface area contributed by atoms with Gasteiger partial charge in [-0.1, -0.05) is 45.8 Å². The molecule has 0 fully saturated rings. The summed E-state index contributed by atoms with van der Waals surface area (Å²) in [4.78, 5) is 25.6. The van der Waals surface area contributed by atoms with Gasteiger partial charge in [0.05, 0.1) is 6.61 Å². The molecule has 0 spiro atoms. The summed E-state index contributed by atoms with van der Waals surface area (Å²) in [5, 5.41) is 5.17. The molecule has 0 radical (unpaired) electrons. The summed E-state index contributed by atoms with van der Waals surface area (Å²) in [5.74, 6) is -0.237. The van der Waals surface area contributed by atoms with Crippen LogP contribution in [0.4, 0.5) is 5.00 Å². The van der Waals surface area contributed by atoms with Gasteiger partial charge in [0, 0.05) is 15.4 Å². The van der Waals surface area contributed by atoms with Crippen LogP contribution >= 0.6 is 27.3 Å². The van der Waals surface area contributed by atoms with Gasteiger partial charge < -0.3 is 14.8 Å². The topological polar surface area (TPSA) is 64.6 Å². The number of rotatable bonds is 7. The van der Waals surface area contributed by atoms with Crippen molar-refractivity contribution in [3.05, 3.63) is 69.0 Å². The van der Waals surface area contributed by atoms with E-state index in [-0.39, 0.29) is 12.5 Å². The third-order valence-corrected chi connectivity index (χ3v) is 6.05. The van der Waals surface area contributed by atoms with Crippen LogP contribution in [0.3, 0.4) is 0 Å². The van der Waals surface area contributed by atoms with Gasteiger partial charge in [0.25, 0.3) is 5.91 Å². The quantitative estimate of drug-likeness (QED) is 0.381. The molecular formula is C24H24BrNO4S. The second kappa shape index (κ2) is 10.1. The van der Waals surface area contributed by atoms with Crippen molar-refractivity contribution < 1.29 is 19.1 Å². The highest BCUT2D eigenvalue weighted by Gasteiger charge is 2.25. The Morgan fingerprint density at radius 1 is 1.13 bits per heavy atom. The number of esters is 1. The molecular weight excluding hydrogens is 478 g/mol. The molecule has 1 aromatic heterocycles. The number of hydrogen-bond donors (Lipinski definition) is 1. The monoisotopic (exact) mass is 501 g/mol. The lowest BCUT2D eigenvalue weighted by atomic mass is 9.97. The minimum Gasteiger partial charge on any atom is -0.481 e. The summed E-state index contributed by atoms with van der Waals surface area (Å²) in [6.45, 7) is 7.69. The number of thiophene rings is 1. The number of nitrogens with one attached hydrogen (secondary N) is 1. The van der Waals surface area contributed by atoms with Crippen LogP contribution in [0.25, 0.3) is 11.1 Å².